The van der Waals surface area contributed by atoms with Gasteiger partial charge in [0.05, 0.1) is 23.4 Å². The van der Waals surface area contributed by atoms with Crippen LogP contribution >= 0.6 is 0 Å². The molecule has 0 saturated carbocycles. The van der Waals surface area contributed by atoms with Crippen molar-refractivity contribution in [3.05, 3.63) is 41.1 Å². The Labute approximate surface area is 135 Å². The van der Waals surface area contributed by atoms with Crippen LogP contribution in [-0.2, 0) is 14.3 Å². The van der Waals surface area contributed by atoms with Crippen LogP contribution in [0.3, 0.4) is 0 Å². The van der Waals surface area contributed by atoms with Crippen molar-refractivity contribution in [3.8, 4) is 0 Å². The number of fused-ring (bicyclic) bond motifs is 3. The van der Waals surface area contributed by atoms with Crippen LogP contribution in [0.15, 0.2) is 35.5 Å². The molecule has 0 saturated heterocycles. The van der Waals surface area contributed by atoms with E-state index in [4.69, 9.17) is 9.47 Å². The van der Waals surface area contributed by atoms with E-state index in [0.717, 1.165) is 11.4 Å². The molecule has 1 aromatic carbocycles. The zero-order valence-electron chi connectivity index (χ0n) is 13.3. The van der Waals surface area contributed by atoms with E-state index < -0.39 is 0 Å². The number of ether oxygens (including phenoxy) is 2. The fourth-order valence-electron chi connectivity index (χ4n) is 3.11. The average molecular weight is 316 g/mol. The molecule has 6 heteroatoms. The standard InChI is InChI=1S/C17H20N2O4/c1-11-12(17(21)23-10-9-22-2)7-8-15-18-16(20)13-5-3-4-6-14(13)19(11)15/h3-6,15H,7-10H2,1-2H3,(H,18,20). The number of benzene rings is 1. The lowest BCUT2D eigenvalue weighted by molar-refractivity contribution is -0.140. The first-order valence-electron chi connectivity index (χ1n) is 7.68. The van der Waals surface area contributed by atoms with E-state index in [1.165, 1.54) is 0 Å². The smallest absolute Gasteiger partial charge is 0.335 e. The summed E-state index contributed by atoms with van der Waals surface area (Å²) in [5, 5.41) is 3.00. The van der Waals surface area contributed by atoms with E-state index >= 15 is 0 Å². The zero-order chi connectivity index (χ0) is 16.4. The van der Waals surface area contributed by atoms with Crippen molar-refractivity contribution < 1.29 is 19.1 Å². The minimum Gasteiger partial charge on any atom is -0.460 e. The number of nitrogens with zero attached hydrogens (tertiary/aromatic N) is 1. The van der Waals surface area contributed by atoms with Gasteiger partial charge in [0.25, 0.3) is 5.91 Å². The molecule has 1 amide bonds. The Morgan fingerprint density at radius 1 is 1.35 bits per heavy atom. The number of rotatable bonds is 4. The number of allylic oxidation sites excluding steroid dienone is 1. The largest absolute Gasteiger partial charge is 0.460 e. The van der Waals surface area contributed by atoms with Gasteiger partial charge in [-0.2, -0.15) is 0 Å². The Morgan fingerprint density at radius 3 is 2.91 bits per heavy atom. The second-order valence-corrected chi connectivity index (χ2v) is 5.61. The summed E-state index contributed by atoms with van der Waals surface area (Å²) >= 11 is 0. The SMILES string of the molecule is COCCOC(=O)C1=C(C)N2c3ccccc3C(=O)NC2CC1. The third kappa shape index (κ3) is 2.82. The van der Waals surface area contributed by atoms with E-state index in [1.807, 2.05) is 30.0 Å². The van der Waals surface area contributed by atoms with Gasteiger partial charge in [0.15, 0.2) is 0 Å². The molecule has 1 unspecified atom stereocenters. The van der Waals surface area contributed by atoms with Crippen LogP contribution in [0.25, 0.3) is 0 Å². The van der Waals surface area contributed by atoms with Crippen LogP contribution < -0.4 is 10.2 Å². The maximum atomic E-state index is 12.3. The lowest BCUT2D eigenvalue weighted by Gasteiger charge is -2.43. The van der Waals surface area contributed by atoms with Crippen LogP contribution in [0, 0.1) is 0 Å². The van der Waals surface area contributed by atoms with Crippen LogP contribution in [-0.4, -0.2) is 38.4 Å². The molecule has 0 fully saturated rings. The number of anilines is 1. The molecule has 2 heterocycles. The number of esters is 1. The van der Waals surface area contributed by atoms with Crippen LogP contribution in [0.4, 0.5) is 5.69 Å². The predicted octanol–water partition coefficient (Wildman–Crippen LogP) is 1.82. The highest BCUT2D eigenvalue weighted by Gasteiger charge is 2.36. The van der Waals surface area contributed by atoms with Crippen LogP contribution in [0.5, 0.6) is 0 Å². The Bertz CT molecular complexity index is 668. The maximum absolute atomic E-state index is 12.3. The molecular formula is C17H20N2O4. The molecule has 2 aliphatic rings. The van der Waals surface area contributed by atoms with Crippen molar-refractivity contribution in [2.75, 3.05) is 25.2 Å². The Hall–Kier alpha value is -2.34. The molecule has 122 valence electrons. The van der Waals surface area contributed by atoms with Crippen LogP contribution in [0.2, 0.25) is 0 Å². The molecule has 0 spiro atoms. The Kier molecular flexibility index (Phi) is 4.34. The summed E-state index contributed by atoms with van der Waals surface area (Å²) in [6.45, 7) is 2.51. The highest BCUT2D eigenvalue weighted by molar-refractivity contribution is 6.03. The van der Waals surface area contributed by atoms with Gasteiger partial charge in [-0.15, -0.1) is 0 Å². The minimum atomic E-state index is -0.313. The summed E-state index contributed by atoms with van der Waals surface area (Å²) in [6, 6.07) is 7.43. The number of hydrogen-bond donors (Lipinski definition) is 1. The molecule has 1 atom stereocenters. The molecular weight excluding hydrogens is 296 g/mol. The van der Waals surface area contributed by atoms with Gasteiger partial charge in [-0.25, -0.2) is 4.79 Å². The normalized spacial score (nSPS) is 19.8. The highest BCUT2D eigenvalue weighted by atomic mass is 16.6. The Balaban J connectivity index is 1.92. The van der Waals surface area contributed by atoms with Gasteiger partial charge < -0.3 is 19.7 Å². The van der Waals surface area contributed by atoms with Gasteiger partial charge in [0.2, 0.25) is 0 Å². The van der Waals surface area contributed by atoms with Gasteiger partial charge in [-0.05, 0) is 31.9 Å². The summed E-state index contributed by atoms with van der Waals surface area (Å²) < 4.78 is 10.1. The van der Waals surface area contributed by atoms with E-state index in [0.29, 0.717) is 30.6 Å². The van der Waals surface area contributed by atoms with Crippen LogP contribution in [0.1, 0.15) is 30.1 Å². The van der Waals surface area contributed by atoms with E-state index in [9.17, 15) is 9.59 Å². The van der Waals surface area contributed by atoms with Gasteiger partial charge in [0.1, 0.15) is 12.8 Å². The number of hydrogen-bond acceptors (Lipinski definition) is 5. The molecule has 6 nitrogen and oxygen atoms in total. The lowest BCUT2D eigenvalue weighted by atomic mass is 9.96. The fourth-order valence-corrected chi connectivity index (χ4v) is 3.11. The predicted molar refractivity (Wildman–Crippen MR) is 84.9 cm³/mol. The maximum Gasteiger partial charge on any atom is 0.335 e. The van der Waals surface area contributed by atoms with Crippen molar-refractivity contribution in [3.63, 3.8) is 0 Å². The van der Waals surface area contributed by atoms with Crippen molar-refractivity contribution >= 4 is 17.6 Å². The lowest BCUT2D eigenvalue weighted by Crippen LogP contribution is -2.54. The molecule has 0 radical (unpaired) electrons. The first-order valence-corrected chi connectivity index (χ1v) is 7.68. The molecule has 1 N–H and O–H groups in total. The molecule has 23 heavy (non-hydrogen) atoms. The minimum absolute atomic E-state index is 0.0687. The first kappa shape index (κ1) is 15.6. The van der Waals surface area contributed by atoms with Crippen molar-refractivity contribution in [1.29, 1.82) is 0 Å². The second kappa shape index (κ2) is 6.42. The highest BCUT2D eigenvalue weighted by Crippen LogP contribution is 2.36. The monoisotopic (exact) mass is 316 g/mol. The molecule has 0 bridgehead atoms. The van der Waals surface area contributed by atoms with E-state index in [1.54, 1.807) is 13.2 Å². The summed E-state index contributed by atoms with van der Waals surface area (Å²) in [4.78, 5) is 26.5. The Morgan fingerprint density at radius 2 is 2.13 bits per heavy atom. The van der Waals surface area contributed by atoms with E-state index in [-0.39, 0.29) is 24.6 Å². The topological polar surface area (TPSA) is 67.9 Å². The summed E-state index contributed by atoms with van der Waals surface area (Å²) in [7, 11) is 1.57. The van der Waals surface area contributed by atoms with Crippen molar-refractivity contribution in [2.24, 2.45) is 0 Å². The quantitative estimate of drug-likeness (QED) is 0.678. The number of amides is 1. The molecule has 0 aromatic heterocycles. The number of methoxy groups -OCH3 is 1. The van der Waals surface area contributed by atoms with Gasteiger partial charge >= 0.3 is 5.97 Å². The molecule has 1 aromatic rings. The third-order valence-electron chi connectivity index (χ3n) is 4.25. The van der Waals surface area contributed by atoms with Gasteiger partial charge in [-0.1, -0.05) is 12.1 Å². The van der Waals surface area contributed by atoms with Gasteiger partial charge in [0, 0.05) is 12.8 Å². The molecule has 3 rings (SSSR count). The molecule has 2 aliphatic heterocycles. The number of carbonyl (C=O) groups is 2. The van der Waals surface area contributed by atoms with E-state index in [2.05, 4.69) is 5.32 Å². The summed E-state index contributed by atoms with van der Waals surface area (Å²) in [5.74, 6) is -0.381. The summed E-state index contributed by atoms with van der Waals surface area (Å²) in [6.07, 6.45) is 1.14. The number of carbonyl (C=O) groups excluding carboxylic acids is 2. The second-order valence-electron chi connectivity index (χ2n) is 5.61. The number of nitrogens with one attached hydrogen (secondary N) is 1. The van der Waals surface area contributed by atoms with Gasteiger partial charge in [-0.3, -0.25) is 4.79 Å². The van der Waals surface area contributed by atoms with Crippen molar-refractivity contribution in [2.45, 2.75) is 25.9 Å². The first-order chi connectivity index (χ1) is 11.1. The molecule has 0 aliphatic carbocycles. The third-order valence-corrected chi connectivity index (χ3v) is 4.25. The zero-order valence-corrected chi connectivity index (χ0v) is 13.3. The fraction of sp³-hybridized carbons (Fsp3) is 0.412. The van der Waals surface area contributed by atoms with Crippen molar-refractivity contribution in [1.82, 2.24) is 5.32 Å². The number of para-hydroxylation sites is 1. The summed E-state index contributed by atoms with van der Waals surface area (Å²) in [5.41, 5.74) is 2.94. The average Bonchev–Trinajstić information content (AvgIpc) is 2.55.